The third-order valence-electron chi connectivity index (χ3n) is 2.86. The van der Waals surface area contributed by atoms with E-state index in [1.54, 1.807) is 35.1 Å². The Hall–Kier alpha value is -2.18. The second-order valence-corrected chi connectivity index (χ2v) is 5.94. The van der Waals surface area contributed by atoms with Gasteiger partial charge in [-0.2, -0.15) is 0 Å². The topological polar surface area (TPSA) is 54.7 Å². The average Bonchev–Trinajstić information content (AvgIpc) is 3.22. The monoisotopic (exact) mass is 299 g/mol. The summed E-state index contributed by atoms with van der Waals surface area (Å²) in [5, 5.41) is 4.86. The molecule has 98 valence electrons. The van der Waals surface area contributed by atoms with Crippen LogP contribution in [0.2, 0.25) is 0 Å². The molecule has 0 saturated carbocycles. The van der Waals surface area contributed by atoms with Crippen LogP contribution in [0.4, 0.5) is 0 Å². The predicted octanol–water partition coefficient (Wildman–Crippen LogP) is 4.52. The molecule has 20 heavy (non-hydrogen) atoms. The number of aromatic amines is 1. The summed E-state index contributed by atoms with van der Waals surface area (Å²) < 4.78 is 5.49. The molecule has 4 heterocycles. The zero-order chi connectivity index (χ0) is 13.4. The fourth-order valence-corrected chi connectivity index (χ4v) is 3.31. The molecular formula is C14H9N3OS2. The first-order chi connectivity index (χ1) is 9.92. The quantitative estimate of drug-likeness (QED) is 0.605. The number of imidazole rings is 1. The van der Waals surface area contributed by atoms with Crippen molar-refractivity contribution in [2.45, 2.75) is 0 Å². The van der Waals surface area contributed by atoms with Gasteiger partial charge in [-0.25, -0.2) is 9.97 Å². The maximum Gasteiger partial charge on any atom is 0.167 e. The summed E-state index contributed by atoms with van der Waals surface area (Å²) in [6, 6.07) is 7.87. The maximum absolute atomic E-state index is 5.49. The van der Waals surface area contributed by atoms with E-state index in [-0.39, 0.29) is 0 Å². The van der Waals surface area contributed by atoms with Gasteiger partial charge in [-0.05, 0) is 23.6 Å². The SMILES string of the molecule is c1coc(-c2nc(-c3nccs3)[nH]c2-c2cccs2)c1. The first-order valence-electron chi connectivity index (χ1n) is 5.99. The second kappa shape index (κ2) is 4.73. The lowest BCUT2D eigenvalue weighted by molar-refractivity contribution is 0.580. The molecule has 1 N–H and O–H groups in total. The van der Waals surface area contributed by atoms with Crippen molar-refractivity contribution in [1.82, 2.24) is 15.0 Å². The maximum atomic E-state index is 5.49. The van der Waals surface area contributed by atoms with Crippen molar-refractivity contribution in [2.75, 3.05) is 0 Å². The lowest BCUT2D eigenvalue weighted by atomic mass is 10.2. The van der Waals surface area contributed by atoms with E-state index in [0.29, 0.717) is 0 Å². The van der Waals surface area contributed by atoms with E-state index in [1.165, 1.54) is 0 Å². The number of aromatic nitrogens is 3. The van der Waals surface area contributed by atoms with Crippen LogP contribution in [0.1, 0.15) is 0 Å². The van der Waals surface area contributed by atoms with Crippen molar-refractivity contribution in [3.63, 3.8) is 0 Å². The fraction of sp³-hybridized carbons (Fsp3) is 0. The molecule has 4 aromatic rings. The molecular weight excluding hydrogens is 290 g/mol. The molecule has 0 radical (unpaired) electrons. The molecule has 4 nitrogen and oxygen atoms in total. The Morgan fingerprint density at radius 2 is 2.10 bits per heavy atom. The summed E-state index contributed by atoms with van der Waals surface area (Å²) in [7, 11) is 0. The molecule has 6 heteroatoms. The lowest BCUT2D eigenvalue weighted by Crippen LogP contribution is -1.78. The van der Waals surface area contributed by atoms with Crippen LogP contribution in [0.15, 0.2) is 51.9 Å². The number of hydrogen-bond acceptors (Lipinski definition) is 5. The molecule has 0 aliphatic carbocycles. The molecule has 4 aromatic heterocycles. The molecule has 0 aromatic carbocycles. The van der Waals surface area contributed by atoms with E-state index in [4.69, 9.17) is 4.42 Å². The Bertz CT molecular complexity index is 747. The Kier molecular flexibility index (Phi) is 2.75. The lowest BCUT2D eigenvalue weighted by Gasteiger charge is -1.95. The summed E-state index contributed by atoms with van der Waals surface area (Å²) in [5.74, 6) is 1.53. The van der Waals surface area contributed by atoms with E-state index >= 15 is 0 Å². The van der Waals surface area contributed by atoms with Crippen molar-refractivity contribution >= 4 is 22.7 Å². The summed E-state index contributed by atoms with van der Waals surface area (Å²) >= 11 is 3.23. The molecule has 0 saturated heterocycles. The largest absolute Gasteiger partial charge is 0.463 e. The normalized spacial score (nSPS) is 11.0. The van der Waals surface area contributed by atoms with Crippen LogP contribution in [-0.4, -0.2) is 15.0 Å². The van der Waals surface area contributed by atoms with E-state index in [2.05, 4.69) is 21.0 Å². The number of thiophene rings is 1. The third-order valence-corrected chi connectivity index (χ3v) is 4.53. The van der Waals surface area contributed by atoms with Crippen molar-refractivity contribution in [2.24, 2.45) is 0 Å². The zero-order valence-electron chi connectivity index (χ0n) is 10.2. The summed E-state index contributed by atoms with van der Waals surface area (Å²) in [4.78, 5) is 13.5. The van der Waals surface area contributed by atoms with Crippen LogP contribution in [0.25, 0.3) is 32.9 Å². The van der Waals surface area contributed by atoms with Crippen LogP contribution in [0.5, 0.6) is 0 Å². The minimum Gasteiger partial charge on any atom is -0.463 e. The molecule has 0 unspecified atom stereocenters. The molecule has 4 rings (SSSR count). The van der Waals surface area contributed by atoms with Gasteiger partial charge in [0.1, 0.15) is 5.69 Å². The number of rotatable bonds is 3. The Balaban J connectivity index is 1.92. The summed E-state index contributed by atoms with van der Waals surface area (Å²) in [5.41, 5.74) is 1.79. The van der Waals surface area contributed by atoms with Gasteiger partial charge >= 0.3 is 0 Å². The highest BCUT2D eigenvalue weighted by Gasteiger charge is 2.18. The van der Waals surface area contributed by atoms with Crippen LogP contribution in [0.3, 0.4) is 0 Å². The van der Waals surface area contributed by atoms with Crippen LogP contribution < -0.4 is 0 Å². The van der Waals surface area contributed by atoms with Gasteiger partial charge in [0, 0.05) is 11.6 Å². The molecule has 0 aliphatic heterocycles. The Morgan fingerprint density at radius 3 is 2.80 bits per heavy atom. The molecule has 0 aliphatic rings. The second-order valence-electron chi connectivity index (χ2n) is 4.10. The standard InChI is InChI=1S/C14H9N3OS2/c1-3-9(18-6-1)11-12(10-4-2-7-19-10)17-13(16-11)14-15-5-8-20-14/h1-8H,(H,16,17). The van der Waals surface area contributed by atoms with Gasteiger partial charge in [0.15, 0.2) is 16.6 Å². The molecule has 0 fully saturated rings. The first kappa shape index (κ1) is 11.6. The number of nitrogens with zero attached hydrogens (tertiary/aromatic N) is 2. The van der Waals surface area contributed by atoms with Crippen LogP contribution in [0, 0.1) is 0 Å². The van der Waals surface area contributed by atoms with E-state index in [0.717, 1.165) is 32.9 Å². The summed E-state index contributed by atoms with van der Waals surface area (Å²) in [6.07, 6.45) is 3.44. The number of furan rings is 1. The molecule has 0 amide bonds. The highest BCUT2D eigenvalue weighted by molar-refractivity contribution is 7.13. The van der Waals surface area contributed by atoms with Gasteiger partial charge < -0.3 is 9.40 Å². The zero-order valence-corrected chi connectivity index (χ0v) is 11.9. The smallest absolute Gasteiger partial charge is 0.167 e. The van der Waals surface area contributed by atoms with Crippen molar-refractivity contribution in [3.8, 4) is 32.9 Å². The third kappa shape index (κ3) is 1.90. The molecule has 0 bridgehead atoms. The number of nitrogens with one attached hydrogen (secondary N) is 1. The van der Waals surface area contributed by atoms with Gasteiger partial charge in [-0.1, -0.05) is 6.07 Å². The minimum absolute atomic E-state index is 0.757. The van der Waals surface area contributed by atoms with Crippen molar-refractivity contribution in [3.05, 3.63) is 47.5 Å². The highest BCUT2D eigenvalue weighted by atomic mass is 32.1. The van der Waals surface area contributed by atoms with Gasteiger partial charge in [0.05, 0.1) is 16.8 Å². The van der Waals surface area contributed by atoms with Gasteiger partial charge in [0.25, 0.3) is 0 Å². The Labute approximate surface area is 122 Å². The van der Waals surface area contributed by atoms with Crippen LogP contribution in [-0.2, 0) is 0 Å². The number of hydrogen-bond donors (Lipinski definition) is 1. The van der Waals surface area contributed by atoms with E-state index in [9.17, 15) is 0 Å². The van der Waals surface area contributed by atoms with Crippen LogP contribution >= 0.6 is 22.7 Å². The molecule has 0 atom stereocenters. The van der Waals surface area contributed by atoms with Crippen molar-refractivity contribution in [1.29, 1.82) is 0 Å². The van der Waals surface area contributed by atoms with E-state index < -0.39 is 0 Å². The van der Waals surface area contributed by atoms with Gasteiger partial charge in [-0.3, -0.25) is 0 Å². The minimum atomic E-state index is 0.757. The van der Waals surface area contributed by atoms with Gasteiger partial charge in [-0.15, -0.1) is 22.7 Å². The van der Waals surface area contributed by atoms with Crippen molar-refractivity contribution < 1.29 is 4.42 Å². The van der Waals surface area contributed by atoms with E-state index in [1.807, 2.05) is 29.0 Å². The number of H-pyrrole nitrogens is 1. The summed E-state index contributed by atoms with van der Waals surface area (Å²) in [6.45, 7) is 0. The molecule has 0 spiro atoms. The number of thiazole rings is 1. The van der Waals surface area contributed by atoms with Gasteiger partial charge in [0.2, 0.25) is 0 Å². The average molecular weight is 299 g/mol. The predicted molar refractivity (Wildman–Crippen MR) is 80.7 cm³/mol. The Morgan fingerprint density at radius 1 is 1.10 bits per heavy atom. The highest BCUT2D eigenvalue weighted by Crippen LogP contribution is 2.35. The fourth-order valence-electron chi connectivity index (χ4n) is 2.01. The first-order valence-corrected chi connectivity index (χ1v) is 7.75.